The van der Waals surface area contributed by atoms with Gasteiger partial charge in [-0.25, -0.2) is 4.79 Å². The lowest BCUT2D eigenvalue weighted by Gasteiger charge is -2.14. The van der Waals surface area contributed by atoms with Gasteiger partial charge in [0.05, 0.1) is 0 Å². The Bertz CT molecular complexity index is 398. The minimum Gasteiger partial charge on any atom is -0.423 e. The molecule has 0 heterocycles. The molecule has 1 saturated carbocycles. The fourth-order valence-electron chi connectivity index (χ4n) is 2.58. The average Bonchev–Trinajstić information content (AvgIpc) is 2.68. The first-order chi connectivity index (χ1) is 8.79. The number of hydrogen-bond donors (Lipinski definition) is 0. The van der Waals surface area contributed by atoms with Crippen LogP contribution in [0, 0.1) is 0 Å². The Hall–Kier alpha value is -1.57. The molecule has 0 unspecified atom stereocenters. The summed E-state index contributed by atoms with van der Waals surface area (Å²) in [6.45, 7) is 3.38. The van der Waals surface area contributed by atoms with Crippen LogP contribution in [0.1, 0.15) is 50.0 Å². The van der Waals surface area contributed by atoms with Gasteiger partial charge in [0.25, 0.3) is 0 Å². The topological polar surface area (TPSA) is 26.3 Å². The van der Waals surface area contributed by atoms with Crippen LogP contribution in [0.2, 0.25) is 0 Å². The van der Waals surface area contributed by atoms with Gasteiger partial charge in [0, 0.05) is 6.08 Å². The number of esters is 1. The molecule has 0 bridgehead atoms. The number of hydrogen-bond acceptors (Lipinski definition) is 2. The summed E-state index contributed by atoms with van der Waals surface area (Å²) in [6.07, 6.45) is 9.14. The zero-order valence-electron chi connectivity index (χ0n) is 10.7. The molecular formula is C16H20O2. The Labute approximate surface area is 109 Å². The van der Waals surface area contributed by atoms with E-state index in [2.05, 4.69) is 18.7 Å². The second kappa shape index (κ2) is 6.39. The lowest BCUT2D eigenvalue weighted by atomic mass is 9.92. The Morgan fingerprint density at radius 2 is 1.72 bits per heavy atom. The summed E-state index contributed by atoms with van der Waals surface area (Å²) in [5.41, 5.74) is 1.37. The minimum atomic E-state index is -0.405. The molecule has 2 rings (SSSR count). The van der Waals surface area contributed by atoms with Gasteiger partial charge in [0.2, 0.25) is 0 Å². The van der Waals surface area contributed by atoms with Crippen LogP contribution in [0.15, 0.2) is 36.9 Å². The molecule has 0 atom stereocenters. The molecule has 0 N–H and O–H groups in total. The SMILES string of the molecule is C=CC(=O)Oc1ccc(C2CCCCCC2)cc1. The molecule has 18 heavy (non-hydrogen) atoms. The number of benzene rings is 1. The van der Waals surface area contributed by atoms with E-state index in [1.807, 2.05) is 12.1 Å². The molecule has 0 spiro atoms. The van der Waals surface area contributed by atoms with Gasteiger partial charge in [-0.3, -0.25) is 0 Å². The third-order valence-corrected chi connectivity index (χ3v) is 3.59. The van der Waals surface area contributed by atoms with Gasteiger partial charge in [0.15, 0.2) is 0 Å². The monoisotopic (exact) mass is 244 g/mol. The molecular weight excluding hydrogens is 224 g/mol. The van der Waals surface area contributed by atoms with Crippen LogP contribution >= 0.6 is 0 Å². The molecule has 0 radical (unpaired) electrons. The third kappa shape index (κ3) is 3.46. The number of ether oxygens (including phenoxy) is 1. The van der Waals surface area contributed by atoms with Crippen molar-refractivity contribution >= 4 is 5.97 Å². The number of carbonyl (C=O) groups is 1. The van der Waals surface area contributed by atoms with Crippen molar-refractivity contribution in [3.8, 4) is 5.75 Å². The largest absolute Gasteiger partial charge is 0.423 e. The molecule has 96 valence electrons. The third-order valence-electron chi connectivity index (χ3n) is 3.59. The van der Waals surface area contributed by atoms with Crippen molar-refractivity contribution in [2.24, 2.45) is 0 Å². The van der Waals surface area contributed by atoms with Crippen molar-refractivity contribution in [1.29, 1.82) is 0 Å². The second-order valence-corrected chi connectivity index (χ2v) is 4.88. The summed E-state index contributed by atoms with van der Waals surface area (Å²) < 4.78 is 5.07. The summed E-state index contributed by atoms with van der Waals surface area (Å²) in [6, 6.07) is 7.92. The van der Waals surface area contributed by atoms with Gasteiger partial charge >= 0.3 is 5.97 Å². The van der Waals surface area contributed by atoms with Crippen molar-refractivity contribution < 1.29 is 9.53 Å². The van der Waals surface area contributed by atoms with Crippen LogP contribution in [-0.4, -0.2) is 5.97 Å². The maximum Gasteiger partial charge on any atom is 0.335 e. The molecule has 1 fully saturated rings. The zero-order chi connectivity index (χ0) is 12.8. The standard InChI is InChI=1S/C16H20O2/c1-2-16(17)18-15-11-9-14(10-12-15)13-7-5-3-4-6-8-13/h2,9-13H,1,3-8H2. The van der Waals surface area contributed by atoms with Crippen LogP contribution in [0.25, 0.3) is 0 Å². The highest BCUT2D eigenvalue weighted by Gasteiger charge is 2.14. The maximum atomic E-state index is 11.1. The van der Waals surface area contributed by atoms with Crippen LogP contribution in [0.5, 0.6) is 5.75 Å². The Morgan fingerprint density at radius 3 is 2.28 bits per heavy atom. The second-order valence-electron chi connectivity index (χ2n) is 4.88. The van der Waals surface area contributed by atoms with E-state index in [0.29, 0.717) is 11.7 Å². The molecule has 1 aliphatic carbocycles. The smallest absolute Gasteiger partial charge is 0.335 e. The predicted octanol–water partition coefficient (Wildman–Crippen LogP) is 4.22. The summed E-state index contributed by atoms with van der Waals surface area (Å²) in [7, 11) is 0. The highest BCUT2D eigenvalue weighted by Crippen LogP contribution is 2.32. The van der Waals surface area contributed by atoms with Crippen LogP contribution in [0.4, 0.5) is 0 Å². The fourth-order valence-corrected chi connectivity index (χ4v) is 2.58. The first kappa shape index (κ1) is 12.9. The van der Waals surface area contributed by atoms with E-state index in [9.17, 15) is 4.79 Å². The van der Waals surface area contributed by atoms with Crippen molar-refractivity contribution in [2.75, 3.05) is 0 Å². The molecule has 1 aromatic rings. The number of carbonyl (C=O) groups excluding carboxylic acids is 1. The molecule has 0 aliphatic heterocycles. The van der Waals surface area contributed by atoms with Gasteiger partial charge in [-0.1, -0.05) is 44.4 Å². The number of rotatable bonds is 3. The Morgan fingerprint density at radius 1 is 1.11 bits per heavy atom. The summed E-state index contributed by atoms with van der Waals surface area (Å²) in [5.74, 6) is 0.867. The first-order valence-electron chi connectivity index (χ1n) is 6.74. The quantitative estimate of drug-likeness (QED) is 0.344. The maximum absolute atomic E-state index is 11.1. The molecule has 1 aliphatic rings. The zero-order valence-corrected chi connectivity index (χ0v) is 10.7. The van der Waals surface area contributed by atoms with E-state index in [4.69, 9.17) is 4.74 Å². The van der Waals surface area contributed by atoms with Crippen molar-refractivity contribution in [1.82, 2.24) is 0 Å². The van der Waals surface area contributed by atoms with Crippen LogP contribution in [0.3, 0.4) is 0 Å². The molecule has 2 nitrogen and oxygen atoms in total. The minimum absolute atomic E-state index is 0.405. The van der Waals surface area contributed by atoms with Gasteiger partial charge in [-0.15, -0.1) is 0 Å². The lowest BCUT2D eigenvalue weighted by Crippen LogP contribution is -2.03. The van der Waals surface area contributed by atoms with E-state index in [0.717, 1.165) is 0 Å². The summed E-state index contributed by atoms with van der Waals surface area (Å²) >= 11 is 0. The summed E-state index contributed by atoms with van der Waals surface area (Å²) in [4.78, 5) is 11.1. The highest BCUT2D eigenvalue weighted by molar-refractivity contribution is 5.83. The fraction of sp³-hybridized carbons (Fsp3) is 0.438. The van der Waals surface area contributed by atoms with E-state index in [-0.39, 0.29) is 0 Å². The average molecular weight is 244 g/mol. The van der Waals surface area contributed by atoms with Crippen molar-refractivity contribution in [3.05, 3.63) is 42.5 Å². The first-order valence-corrected chi connectivity index (χ1v) is 6.74. The predicted molar refractivity (Wildman–Crippen MR) is 72.7 cm³/mol. The molecule has 0 aromatic heterocycles. The summed E-state index contributed by atoms with van der Waals surface area (Å²) in [5, 5.41) is 0. The van der Waals surface area contributed by atoms with E-state index >= 15 is 0 Å². The molecule has 1 aromatic carbocycles. The lowest BCUT2D eigenvalue weighted by molar-refractivity contribution is -0.128. The van der Waals surface area contributed by atoms with Gasteiger partial charge < -0.3 is 4.74 Å². The van der Waals surface area contributed by atoms with E-state index < -0.39 is 5.97 Å². The van der Waals surface area contributed by atoms with Gasteiger partial charge in [0.1, 0.15) is 5.75 Å². The Balaban J connectivity index is 2.01. The molecule has 0 amide bonds. The molecule has 0 saturated heterocycles. The van der Waals surface area contributed by atoms with Gasteiger partial charge in [-0.2, -0.15) is 0 Å². The van der Waals surface area contributed by atoms with E-state index in [1.165, 1.54) is 50.2 Å². The highest BCUT2D eigenvalue weighted by atomic mass is 16.5. The Kier molecular flexibility index (Phi) is 4.57. The van der Waals surface area contributed by atoms with Crippen molar-refractivity contribution in [2.45, 2.75) is 44.4 Å². The van der Waals surface area contributed by atoms with Crippen LogP contribution < -0.4 is 4.74 Å². The van der Waals surface area contributed by atoms with Crippen LogP contribution in [-0.2, 0) is 4.79 Å². The van der Waals surface area contributed by atoms with Crippen molar-refractivity contribution in [3.63, 3.8) is 0 Å². The normalized spacial score (nSPS) is 16.9. The van der Waals surface area contributed by atoms with E-state index in [1.54, 1.807) is 0 Å². The van der Waals surface area contributed by atoms with Gasteiger partial charge in [-0.05, 0) is 36.5 Å². The molecule has 2 heteroatoms.